The summed E-state index contributed by atoms with van der Waals surface area (Å²) >= 11 is 0. The van der Waals surface area contributed by atoms with Crippen LogP contribution in [0.3, 0.4) is 0 Å². The molecule has 0 radical (unpaired) electrons. The molecule has 2 N–H and O–H groups in total. The molecular weight excluding hydrogens is 444 g/mol. The summed E-state index contributed by atoms with van der Waals surface area (Å²) in [5.41, 5.74) is 3.94. The molecule has 182 valence electrons. The first-order valence-corrected chi connectivity index (χ1v) is 11.5. The number of aromatic nitrogens is 1. The molecule has 3 amide bonds. The summed E-state index contributed by atoms with van der Waals surface area (Å²) in [7, 11) is 3.21. The van der Waals surface area contributed by atoms with Crippen LogP contribution in [0.5, 0.6) is 11.5 Å². The topological polar surface area (TPSA) is 92.8 Å². The third-order valence-electron chi connectivity index (χ3n) is 6.17. The number of amides is 3. The van der Waals surface area contributed by atoms with Gasteiger partial charge in [0, 0.05) is 25.5 Å². The monoisotopic (exact) mass is 474 g/mol. The minimum absolute atomic E-state index is 0.262. The van der Waals surface area contributed by atoms with Crippen LogP contribution in [0.25, 0.3) is 0 Å². The van der Waals surface area contributed by atoms with E-state index in [1.807, 2.05) is 54.6 Å². The maximum atomic E-state index is 13.4. The Bertz CT molecular complexity index is 1170. The third kappa shape index (κ3) is 5.37. The lowest BCUT2D eigenvalue weighted by Crippen LogP contribution is -2.52. The van der Waals surface area contributed by atoms with Crippen LogP contribution in [0.1, 0.15) is 35.2 Å². The highest BCUT2D eigenvalue weighted by atomic mass is 16.5. The van der Waals surface area contributed by atoms with Crippen LogP contribution < -0.4 is 20.1 Å². The fourth-order valence-corrected chi connectivity index (χ4v) is 4.34. The largest absolute Gasteiger partial charge is 0.493 e. The average Bonchev–Trinajstić information content (AvgIpc) is 2.91. The van der Waals surface area contributed by atoms with Crippen molar-refractivity contribution in [1.82, 2.24) is 20.5 Å². The Kier molecular flexibility index (Phi) is 7.50. The first-order valence-electron chi connectivity index (χ1n) is 11.5. The fraction of sp³-hybridized carbons (Fsp3) is 0.296. The number of carbonyl (C=O) groups is 2. The standard InChI is InChI=1S/C27H30N4O4/c1-18(26(32)29-17-19-8-7-12-28-16-19)30-27(33)31-13-11-21-14-23(34-2)24(35-3)15-22(21)25(31)20-9-5-4-6-10-20/h4-10,12,14-16,18,25H,11,13,17H2,1-3H3,(H,29,32)(H,30,33). The van der Waals surface area contributed by atoms with Crippen LogP contribution in [0.2, 0.25) is 0 Å². The van der Waals surface area contributed by atoms with Gasteiger partial charge in [-0.3, -0.25) is 9.78 Å². The maximum absolute atomic E-state index is 13.4. The first-order chi connectivity index (χ1) is 17.0. The number of hydrogen-bond acceptors (Lipinski definition) is 5. The second-order valence-corrected chi connectivity index (χ2v) is 8.41. The summed E-state index contributed by atoms with van der Waals surface area (Å²) in [6, 6.07) is 16.1. The molecule has 0 saturated heterocycles. The molecule has 0 spiro atoms. The van der Waals surface area contributed by atoms with E-state index in [2.05, 4.69) is 15.6 Å². The van der Waals surface area contributed by atoms with E-state index in [-0.39, 0.29) is 18.0 Å². The molecule has 35 heavy (non-hydrogen) atoms. The zero-order valence-corrected chi connectivity index (χ0v) is 20.2. The molecule has 1 aromatic heterocycles. The van der Waals surface area contributed by atoms with Crippen molar-refractivity contribution in [2.45, 2.75) is 32.0 Å². The number of fused-ring (bicyclic) bond motifs is 1. The van der Waals surface area contributed by atoms with Crippen LogP contribution in [0.4, 0.5) is 4.79 Å². The molecule has 8 nitrogen and oxygen atoms in total. The van der Waals surface area contributed by atoms with Crippen molar-refractivity contribution in [3.63, 3.8) is 0 Å². The van der Waals surface area contributed by atoms with Gasteiger partial charge in [-0.15, -0.1) is 0 Å². The van der Waals surface area contributed by atoms with Crippen LogP contribution >= 0.6 is 0 Å². The van der Waals surface area contributed by atoms with Crippen molar-refractivity contribution < 1.29 is 19.1 Å². The molecule has 1 aliphatic rings. The van der Waals surface area contributed by atoms with Gasteiger partial charge in [-0.25, -0.2) is 4.79 Å². The summed E-state index contributed by atoms with van der Waals surface area (Å²) in [5.74, 6) is 1.01. The predicted octanol–water partition coefficient (Wildman–Crippen LogP) is 3.46. The molecule has 0 fully saturated rings. The molecule has 0 saturated carbocycles. The van der Waals surface area contributed by atoms with E-state index in [9.17, 15) is 9.59 Å². The van der Waals surface area contributed by atoms with Gasteiger partial charge in [-0.05, 0) is 53.8 Å². The number of ether oxygens (including phenoxy) is 2. The van der Waals surface area contributed by atoms with E-state index in [0.717, 1.165) is 22.3 Å². The number of rotatable bonds is 7. The number of urea groups is 1. The highest BCUT2D eigenvalue weighted by molar-refractivity contribution is 5.87. The molecule has 2 heterocycles. The fourth-order valence-electron chi connectivity index (χ4n) is 4.34. The van der Waals surface area contributed by atoms with Crippen molar-refractivity contribution in [3.05, 3.63) is 89.2 Å². The molecule has 0 aliphatic carbocycles. The van der Waals surface area contributed by atoms with Crippen LogP contribution in [0.15, 0.2) is 67.0 Å². The van der Waals surface area contributed by atoms with Crippen LogP contribution in [-0.4, -0.2) is 48.6 Å². The summed E-state index contributed by atoms with van der Waals surface area (Å²) < 4.78 is 11.0. The van der Waals surface area contributed by atoms with Crippen molar-refractivity contribution in [3.8, 4) is 11.5 Å². The Balaban J connectivity index is 1.55. The van der Waals surface area contributed by atoms with Crippen molar-refractivity contribution >= 4 is 11.9 Å². The number of carbonyl (C=O) groups excluding carboxylic acids is 2. The molecule has 2 aromatic carbocycles. The van der Waals surface area contributed by atoms with E-state index in [0.29, 0.717) is 31.0 Å². The number of nitrogens with zero attached hydrogens (tertiary/aromatic N) is 2. The molecule has 4 rings (SSSR count). The highest BCUT2D eigenvalue weighted by Gasteiger charge is 2.34. The minimum Gasteiger partial charge on any atom is -0.493 e. The van der Waals surface area contributed by atoms with Gasteiger partial charge in [0.15, 0.2) is 11.5 Å². The van der Waals surface area contributed by atoms with Gasteiger partial charge in [-0.2, -0.15) is 0 Å². The van der Waals surface area contributed by atoms with Crippen molar-refractivity contribution in [2.75, 3.05) is 20.8 Å². The van der Waals surface area contributed by atoms with Crippen molar-refractivity contribution in [1.29, 1.82) is 0 Å². The molecule has 8 heteroatoms. The van der Waals surface area contributed by atoms with Gasteiger partial charge < -0.3 is 25.0 Å². The summed E-state index contributed by atoms with van der Waals surface area (Å²) in [4.78, 5) is 31.9. The SMILES string of the molecule is COc1cc2c(cc1OC)C(c1ccccc1)N(C(=O)NC(C)C(=O)NCc1cccnc1)CC2. The highest BCUT2D eigenvalue weighted by Crippen LogP contribution is 2.41. The zero-order valence-electron chi connectivity index (χ0n) is 20.2. The Morgan fingerprint density at radius 2 is 1.83 bits per heavy atom. The average molecular weight is 475 g/mol. The first kappa shape index (κ1) is 24.1. The van der Waals surface area contributed by atoms with E-state index in [4.69, 9.17) is 9.47 Å². The number of hydrogen-bond donors (Lipinski definition) is 2. The number of methoxy groups -OCH3 is 2. The van der Waals surface area contributed by atoms with Gasteiger partial charge in [0.2, 0.25) is 5.91 Å². The molecule has 2 atom stereocenters. The third-order valence-corrected chi connectivity index (χ3v) is 6.17. The summed E-state index contributed by atoms with van der Waals surface area (Å²) in [6.45, 7) is 2.52. The minimum atomic E-state index is -0.706. The lowest BCUT2D eigenvalue weighted by molar-refractivity contribution is -0.122. The Morgan fingerprint density at radius 3 is 2.51 bits per heavy atom. The Labute approximate surface area is 205 Å². The van der Waals surface area contributed by atoms with Gasteiger partial charge in [0.05, 0.1) is 20.3 Å². The second kappa shape index (κ2) is 10.9. The number of nitrogens with one attached hydrogen (secondary N) is 2. The molecule has 0 bridgehead atoms. The van der Waals surface area contributed by atoms with E-state index in [1.165, 1.54) is 0 Å². The second-order valence-electron chi connectivity index (χ2n) is 8.41. The quantitative estimate of drug-likeness (QED) is 0.547. The lowest BCUT2D eigenvalue weighted by Gasteiger charge is -2.38. The molecule has 2 unspecified atom stereocenters. The van der Waals surface area contributed by atoms with Crippen LogP contribution in [0, 0.1) is 0 Å². The number of benzene rings is 2. The zero-order chi connectivity index (χ0) is 24.8. The maximum Gasteiger partial charge on any atom is 0.318 e. The Hall–Kier alpha value is -4.07. The van der Waals surface area contributed by atoms with Crippen LogP contribution in [-0.2, 0) is 17.8 Å². The smallest absolute Gasteiger partial charge is 0.318 e. The normalized spacial score (nSPS) is 15.5. The van der Waals surface area contributed by atoms with Crippen molar-refractivity contribution in [2.24, 2.45) is 0 Å². The van der Waals surface area contributed by atoms with Gasteiger partial charge in [0.25, 0.3) is 0 Å². The predicted molar refractivity (Wildman–Crippen MR) is 132 cm³/mol. The van der Waals surface area contributed by atoms with E-state index in [1.54, 1.807) is 38.4 Å². The van der Waals surface area contributed by atoms with Gasteiger partial charge in [-0.1, -0.05) is 36.4 Å². The van der Waals surface area contributed by atoms with Gasteiger partial charge in [0.1, 0.15) is 6.04 Å². The van der Waals surface area contributed by atoms with Gasteiger partial charge >= 0.3 is 6.03 Å². The summed E-state index contributed by atoms with van der Waals surface area (Å²) in [6.07, 6.45) is 4.04. The molecule has 3 aromatic rings. The lowest BCUT2D eigenvalue weighted by atomic mass is 9.88. The Morgan fingerprint density at radius 1 is 1.09 bits per heavy atom. The number of pyridine rings is 1. The van der Waals surface area contributed by atoms with E-state index >= 15 is 0 Å². The summed E-state index contributed by atoms with van der Waals surface area (Å²) in [5, 5.41) is 5.72. The molecular formula is C27H30N4O4. The molecule has 1 aliphatic heterocycles. The van der Waals surface area contributed by atoms with E-state index < -0.39 is 6.04 Å².